The quantitative estimate of drug-likeness (QED) is 0.319. The monoisotopic (exact) mass is 394 g/mol. The lowest BCUT2D eigenvalue weighted by Gasteiger charge is -2.10. The van der Waals surface area contributed by atoms with Crippen molar-refractivity contribution in [3.63, 3.8) is 0 Å². The van der Waals surface area contributed by atoms with Gasteiger partial charge in [-0.2, -0.15) is 9.78 Å². The summed E-state index contributed by atoms with van der Waals surface area (Å²) in [7, 11) is 0. The second kappa shape index (κ2) is 8.62. The first-order chi connectivity index (χ1) is 14.6. The van der Waals surface area contributed by atoms with Gasteiger partial charge in [-0.1, -0.05) is 78.4 Å². The first-order valence-electron chi connectivity index (χ1n) is 9.78. The average molecular weight is 394 g/mol. The number of hydrogen-bond donors (Lipinski definition) is 0. The second-order valence-corrected chi connectivity index (χ2v) is 7.10. The van der Waals surface area contributed by atoms with Crippen molar-refractivity contribution in [3.8, 4) is 22.8 Å². The molecule has 0 saturated carbocycles. The zero-order valence-electron chi connectivity index (χ0n) is 16.9. The normalized spacial score (nSPS) is 11.0. The van der Waals surface area contributed by atoms with Crippen LogP contribution >= 0.6 is 0 Å². The first-order valence-corrected chi connectivity index (χ1v) is 9.78. The molecule has 0 unspecified atom stereocenters. The van der Waals surface area contributed by atoms with E-state index in [4.69, 9.17) is 9.84 Å². The van der Waals surface area contributed by atoms with Crippen LogP contribution in [-0.2, 0) is 4.79 Å². The highest BCUT2D eigenvalue weighted by Gasteiger charge is 2.16. The molecule has 1 heterocycles. The lowest BCUT2D eigenvalue weighted by molar-refractivity contribution is -0.129. The number of carbonyl (C=O) groups is 1. The Kier molecular flexibility index (Phi) is 5.57. The van der Waals surface area contributed by atoms with Crippen molar-refractivity contribution in [2.75, 3.05) is 0 Å². The summed E-state index contributed by atoms with van der Waals surface area (Å²) in [6, 6.07) is 27.4. The number of hydrogen-bond acceptors (Lipinski definition) is 3. The third kappa shape index (κ3) is 4.39. The molecule has 0 aliphatic carbocycles. The van der Waals surface area contributed by atoms with E-state index in [9.17, 15) is 4.79 Å². The molecule has 4 heteroatoms. The molecule has 4 rings (SSSR count). The molecule has 0 spiro atoms. The van der Waals surface area contributed by atoms with Crippen LogP contribution in [0.15, 0.2) is 91.0 Å². The third-order valence-corrected chi connectivity index (χ3v) is 4.74. The van der Waals surface area contributed by atoms with Gasteiger partial charge in [0.2, 0.25) is 5.88 Å². The molecule has 148 valence electrons. The van der Waals surface area contributed by atoms with Crippen LogP contribution in [0.2, 0.25) is 0 Å². The van der Waals surface area contributed by atoms with Crippen molar-refractivity contribution in [1.29, 1.82) is 0 Å². The maximum absolute atomic E-state index is 12.5. The predicted molar refractivity (Wildman–Crippen MR) is 120 cm³/mol. The highest BCUT2D eigenvalue weighted by atomic mass is 16.5. The summed E-state index contributed by atoms with van der Waals surface area (Å²) < 4.78 is 7.37. The molecule has 30 heavy (non-hydrogen) atoms. The zero-order valence-corrected chi connectivity index (χ0v) is 16.9. The molecule has 3 aromatic carbocycles. The number of ether oxygens (including phenoxy) is 1. The number of aromatic nitrogens is 2. The van der Waals surface area contributed by atoms with E-state index in [-0.39, 0.29) is 0 Å². The fourth-order valence-corrected chi connectivity index (χ4v) is 3.27. The first kappa shape index (κ1) is 19.4. The zero-order chi connectivity index (χ0) is 20.9. The molecule has 0 radical (unpaired) electrons. The van der Waals surface area contributed by atoms with Gasteiger partial charge in [-0.25, -0.2) is 4.79 Å². The Labute approximate surface area is 176 Å². The minimum atomic E-state index is -0.454. The van der Waals surface area contributed by atoms with Gasteiger partial charge in [0.1, 0.15) is 0 Å². The Hall–Kier alpha value is -3.92. The standard InChI is InChI=1S/C26H22N2O2/c1-19-13-15-24(20(2)17-19)28-25(18-23(27-28)22-11-7-4-8-12-22)30-26(29)16-14-21-9-5-3-6-10-21/h3-18H,1-2H3/b16-14+. The van der Waals surface area contributed by atoms with Crippen molar-refractivity contribution >= 4 is 12.0 Å². The predicted octanol–water partition coefficient (Wildman–Crippen LogP) is 5.77. The number of aryl methyl sites for hydroxylation is 2. The van der Waals surface area contributed by atoms with E-state index in [0.717, 1.165) is 33.6 Å². The van der Waals surface area contributed by atoms with Gasteiger partial charge in [0.15, 0.2) is 0 Å². The molecular weight excluding hydrogens is 372 g/mol. The van der Waals surface area contributed by atoms with Crippen molar-refractivity contribution < 1.29 is 9.53 Å². The van der Waals surface area contributed by atoms with Crippen LogP contribution in [0, 0.1) is 13.8 Å². The van der Waals surface area contributed by atoms with Crippen molar-refractivity contribution in [3.05, 3.63) is 108 Å². The topological polar surface area (TPSA) is 44.1 Å². The van der Waals surface area contributed by atoms with E-state index in [1.165, 1.54) is 6.08 Å². The van der Waals surface area contributed by atoms with E-state index in [1.807, 2.05) is 86.6 Å². The van der Waals surface area contributed by atoms with Crippen molar-refractivity contribution in [2.24, 2.45) is 0 Å². The van der Waals surface area contributed by atoms with E-state index in [2.05, 4.69) is 6.07 Å². The molecule has 4 aromatic rings. The number of nitrogens with zero attached hydrogens (tertiary/aromatic N) is 2. The molecular formula is C26H22N2O2. The minimum Gasteiger partial charge on any atom is -0.404 e. The Bertz CT molecular complexity index is 1190. The number of esters is 1. The largest absolute Gasteiger partial charge is 0.404 e. The fourth-order valence-electron chi connectivity index (χ4n) is 3.27. The Morgan fingerprint density at radius 2 is 1.60 bits per heavy atom. The smallest absolute Gasteiger partial charge is 0.337 e. The lowest BCUT2D eigenvalue weighted by atomic mass is 10.1. The van der Waals surface area contributed by atoms with Gasteiger partial charge in [0, 0.05) is 17.7 Å². The number of rotatable bonds is 5. The van der Waals surface area contributed by atoms with Gasteiger partial charge in [-0.15, -0.1) is 0 Å². The fraction of sp³-hybridized carbons (Fsp3) is 0.0769. The van der Waals surface area contributed by atoms with Gasteiger partial charge in [-0.05, 0) is 37.1 Å². The van der Waals surface area contributed by atoms with E-state index >= 15 is 0 Å². The van der Waals surface area contributed by atoms with E-state index in [1.54, 1.807) is 16.8 Å². The Morgan fingerprint density at radius 3 is 2.30 bits per heavy atom. The molecule has 0 bridgehead atoms. The maximum atomic E-state index is 12.5. The van der Waals surface area contributed by atoms with Crippen LogP contribution < -0.4 is 4.74 Å². The van der Waals surface area contributed by atoms with Gasteiger partial charge < -0.3 is 4.74 Å². The summed E-state index contributed by atoms with van der Waals surface area (Å²) in [5.41, 5.74) is 5.72. The molecule has 0 N–H and O–H groups in total. The van der Waals surface area contributed by atoms with E-state index in [0.29, 0.717) is 5.88 Å². The van der Waals surface area contributed by atoms with Crippen LogP contribution in [0.25, 0.3) is 23.0 Å². The molecule has 0 saturated heterocycles. The highest BCUT2D eigenvalue weighted by Crippen LogP contribution is 2.28. The van der Waals surface area contributed by atoms with Crippen LogP contribution in [0.3, 0.4) is 0 Å². The van der Waals surface area contributed by atoms with Crippen LogP contribution in [0.5, 0.6) is 5.88 Å². The lowest BCUT2D eigenvalue weighted by Crippen LogP contribution is -2.09. The SMILES string of the molecule is Cc1ccc(-n2nc(-c3ccccc3)cc2OC(=O)/C=C/c2ccccc2)c(C)c1. The highest BCUT2D eigenvalue weighted by molar-refractivity contribution is 5.88. The summed E-state index contributed by atoms with van der Waals surface area (Å²) in [5, 5.41) is 4.73. The number of benzene rings is 3. The minimum absolute atomic E-state index is 0.378. The summed E-state index contributed by atoms with van der Waals surface area (Å²) in [6.07, 6.45) is 3.16. The van der Waals surface area contributed by atoms with Gasteiger partial charge in [-0.3, -0.25) is 0 Å². The van der Waals surface area contributed by atoms with Gasteiger partial charge >= 0.3 is 5.97 Å². The van der Waals surface area contributed by atoms with Crippen molar-refractivity contribution in [1.82, 2.24) is 9.78 Å². The molecule has 0 aliphatic rings. The Balaban J connectivity index is 1.69. The molecule has 4 nitrogen and oxygen atoms in total. The molecule has 0 fully saturated rings. The summed E-state index contributed by atoms with van der Waals surface area (Å²) in [6.45, 7) is 4.07. The van der Waals surface area contributed by atoms with Gasteiger partial charge in [0.05, 0.1) is 11.4 Å². The second-order valence-electron chi connectivity index (χ2n) is 7.10. The summed E-state index contributed by atoms with van der Waals surface area (Å²) in [4.78, 5) is 12.5. The summed E-state index contributed by atoms with van der Waals surface area (Å²) in [5.74, 6) is -0.0760. The van der Waals surface area contributed by atoms with Crippen LogP contribution in [0.4, 0.5) is 0 Å². The molecule has 0 amide bonds. The summed E-state index contributed by atoms with van der Waals surface area (Å²) >= 11 is 0. The van der Waals surface area contributed by atoms with Crippen LogP contribution in [0.1, 0.15) is 16.7 Å². The van der Waals surface area contributed by atoms with Gasteiger partial charge in [0.25, 0.3) is 0 Å². The molecule has 0 atom stereocenters. The molecule has 0 aliphatic heterocycles. The third-order valence-electron chi connectivity index (χ3n) is 4.74. The Morgan fingerprint density at radius 1 is 0.900 bits per heavy atom. The van der Waals surface area contributed by atoms with E-state index < -0.39 is 5.97 Å². The number of carbonyl (C=O) groups excluding carboxylic acids is 1. The van der Waals surface area contributed by atoms with Crippen LogP contribution in [-0.4, -0.2) is 15.7 Å². The average Bonchev–Trinajstić information content (AvgIpc) is 3.17. The molecule has 1 aromatic heterocycles. The maximum Gasteiger partial charge on any atom is 0.337 e. The van der Waals surface area contributed by atoms with Crippen molar-refractivity contribution in [2.45, 2.75) is 13.8 Å².